The molecule has 0 fully saturated rings. The lowest BCUT2D eigenvalue weighted by Gasteiger charge is -2.22. The van der Waals surface area contributed by atoms with Crippen LogP contribution >= 0.6 is 22.9 Å². The van der Waals surface area contributed by atoms with Crippen molar-refractivity contribution in [2.75, 3.05) is 6.54 Å². The molecule has 0 saturated heterocycles. The van der Waals surface area contributed by atoms with Gasteiger partial charge >= 0.3 is 0 Å². The fraction of sp³-hybridized carbons (Fsp3) is 0.286. The zero-order chi connectivity index (χ0) is 13.9. The monoisotopic (exact) mass is 297 g/mol. The number of hydrogen-bond acceptors (Lipinski definition) is 4. The van der Waals surface area contributed by atoms with E-state index in [9.17, 15) is 10.2 Å². The third-order valence-electron chi connectivity index (χ3n) is 2.91. The second kappa shape index (κ2) is 5.92. The van der Waals surface area contributed by atoms with Crippen molar-refractivity contribution in [3.05, 3.63) is 51.2 Å². The largest absolute Gasteiger partial charge is 0.506 e. The molecule has 2 rings (SSSR count). The molecule has 2 aromatic rings. The Kier molecular flexibility index (Phi) is 4.47. The number of para-hydroxylation sites is 1. The zero-order valence-electron chi connectivity index (χ0n) is 10.6. The SMILES string of the molecule is CC(O)(CNCc1cccc(Cl)c1O)c1cccs1. The molecule has 1 unspecified atom stereocenters. The minimum atomic E-state index is -0.914. The van der Waals surface area contributed by atoms with Gasteiger partial charge in [-0.15, -0.1) is 11.3 Å². The molecule has 1 atom stereocenters. The van der Waals surface area contributed by atoms with Crippen LogP contribution in [0.25, 0.3) is 0 Å². The van der Waals surface area contributed by atoms with E-state index in [1.807, 2.05) is 17.5 Å². The molecular formula is C14H16ClNO2S. The molecule has 0 radical (unpaired) electrons. The Morgan fingerprint density at radius 3 is 2.79 bits per heavy atom. The molecule has 1 heterocycles. The Balaban J connectivity index is 1.95. The lowest BCUT2D eigenvalue weighted by atomic mass is 10.1. The highest BCUT2D eigenvalue weighted by atomic mass is 35.5. The van der Waals surface area contributed by atoms with Gasteiger partial charge in [0.25, 0.3) is 0 Å². The first-order valence-corrected chi connectivity index (χ1v) is 7.20. The molecule has 0 aliphatic heterocycles. The van der Waals surface area contributed by atoms with Gasteiger partial charge in [0.1, 0.15) is 11.4 Å². The van der Waals surface area contributed by atoms with E-state index in [2.05, 4.69) is 5.32 Å². The summed E-state index contributed by atoms with van der Waals surface area (Å²) in [4.78, 5) is 0.912. The van der Waals surface area contributed by atoms with Crippen LogP contribution in [-0.4, -0.2) is 16.8 Å². The maximum Gasteiger partial charge on any atom is 0.138 e. The van der Waals surface area contributed by atoms with Crippen LogP contribution in [0.5, 0.6) is 5.75 Å². The summed E-state index contributed by atoms with van der Waals surface area (Å²) < 4.78 is 0. The van der Waals surface area contributed by atoms with E-state index in [0.717, 1.165) is 10.4 Å². The Morgan fingerprint density at radius 2 is 2.11 bits per heavy atom. The second-order valence-electron chi connectivity index (χ2n) is 4.60. The van der Waals surface area contributed by atoms with Crippen LogP contribution in [0.4, 0.5) is 0 Å². The fourth-order valence-corrected chi connectivity index (χ4v) is 2.80. The van der Waals surface area contributed by atoms with Crippen molar-refractivity contribution in [1.82, 2.24) is 5.32 Å². The summed E-state index contributed by atoms with van der Waals surface area (Å²) in [7, 11) is 0. The van der Waals surface area contributed by atoms with E-state index < -0.39 is 5.60 Å². The number of benzene rings is 1. The van der Waals surface area contributed by atoms with E-state index in [1.165, 1.54) is 11.3 Å². The summed E-state index contributed by atoms with van der Waals surface area (Å²) >= 11 is 7.36. The smallest absolute Gasteiger partial charge is 0.138 e. The minimum absolute atomic E-state index is 0.0902. The number of thiophene rings is 1. The number of aromatic hydroxyl groups is 1. The van der Waals surface area contributed by atoms with E-state index in [4.69, 9.17) is 11.6 Å². The van der Waals surface area contributed by atoms with Crippen molar-refractivity contribution in [1.29, 1.82) is 0 Å². The molecular weight excluding hydrogens is 282 g/mol. The van der Waals surface area contributed by atoms with Gasteiger partial charge in [-0.3, -0.25) is 0 Å². The summed E-state index contributed by atoms with van der Waals surface area (Å²) in [5, 5.41) is 25.5. The Morgan fingerprint density at radius 1 is 1.32 bits per heavy atom. The van der Waals surface area contributed by atoms with Gasteiger partial charge in [0.05, 0.1) is 5.02 Å². The normalized spacial score (nSPS) is 14.3. The first-order chi connectivity index (χ1) is 9.00. The molecule has 0 aliphatic rings. The molecule has 102 valence electrons. The summed E-state index contributed by atoms with van der Waals surface area (Å²) in [6, 6.07) is 9.05. The van der Waals surface area contributed by atoms with Gasteiger partial charge in [0, 0.05) is 23.5 Å². The van der Waals surface area contributed by atoms with Gasteiger partial charge in [-0.25, -0.2) is 0 Å². The maximum atomic E-state index is 10.3. The Bertz CT molecular complexity index is 540. The van der Waals surface area contributed by atoms with Crippen LogP contribution in [0, 0.1) is 0 Å². The highest BCUT2D eigenvalue weighted by molar-refractivity contribution is 7.10. The van der Waals surface area contributed by atoms with Crippen LogP contribution in [0.2, 0.25) is 5.02 Å². The van der Waals surface area contributed by atoms with Crippen molar-refractivity contribution in [3.63, 3.8) is 0 Å². The van der Waals surface area contributed by atoms with E-state index in [0.29, 0.717) is 18.1 Å². The highest BCUT2D eigenvalue weighted by Gasteiger charge is 2.23. The van der Waals surface area contributed by atoms with Crippen LogP contribution < -0.4 is 5.32 Å². The standard InChI is InChI=1S/C14H16ClNO2S/c1-14(18,12-6-3-7-19-12)9-16-8-10-4-2-5-11(15)13(10)17/h2-7,16-18H,8-9H2,1H3. The lowest BCUT2D eigenvalue weighted by Crippen LogP contribution is -2.34. The summed E-state index contributed by atoms with van der Waals surface area (Å²) in [5.41, 5.74) is -0.197. The Hall–Kier alpha value is -1.07. The predicted octanol–water partition coefficient (Wildman–Crippen LogP) is 3.10. The summed E-state index contributed by atoms with van der Waals surface area (Å²) in [6.45, 7) is 2.62. The van der Waals surface area contributed by atoms with Crippen LogP contribution in [0.1, 0.15) is 17.4 Å². The molecule has 0 spiro atoms. The molecule has 0 amide bonds. The molecule has 0 saturated carbocycles. The third kappa shape index (κ3) is 3.48. The third-order valence-corrected chi connectivity index (χ3v) is 4.33. The van der Waals surface area contributed by atoms with Crippen molar-refractivity contribution >= 4 is 22.9 Å². The zero-order valence-corrected chi connectivity index (χ0v) is 12.1. The second-order valence-corrected chi connectivity index (χ2v) is 5.96. The van der Waals surface area contributed by atoms with Gasteiger partial charge in [0.2, 0.25) is 0 Å². The molecule has 19 heavy (non-hydrogen) atoms. The number of phenolic OH excluding ortho intramolecular Hbond substituents is 1. The number of hydrogen-bond donors (Lipinski definition) is 3. The van der Waals surface area contributed by atoms with Gasteiger partial charge in [0.15, 0.2) is 0 Å². The predicted molar refractivity (Wildman–Crippen MR) is 78.7 cm³/mol. The number of rotatable bonds is 5. The van der Waals surface area contributed by atoms with Crippen LogP contribution in [0.3, 0.4) is 0 Å². The average molecular weight is 298 g/mol. The highest BCUT2D eigenvalue weighted by Crippen LogP contribution is 2.27. The van der Waals surface area contributed by atoms with E-state index >= 15 is 0 Å². The molecule has 0 aliphatic carbocycles. The van der Waals surface area contributed by atoms with Gasteiger partial charge in [-0.1, -0.05) is 29.8 Å². The van der Waals surface area contributed by atoms with E-state index in [-0.39, 0.29) is 5.75 Å². The quantitative estimate of drug-likeness (QED) is 0.795. The average Bonchev–Trinajstić information content (AvgIpc) is 2.89. The summed E-state index contributed by atoms with van der Waals surface area (Å²) in [5.74, 6) is 0.0902. The first-order valence-electron chi connectivity index (χ1n) is 5.94. The first kappa shape index (κ1) is 14.3. The van der Waals surface area contributed by atoms with Crippen molar-refractivity contribution in [2.45, 2.75) is 19.1 Å². The van der Waals surface area contributed by atoms with Gasteiger partial charge < -0.3 is 15.5 Å². The maximum absolute atomic E-state index is 10.3. The molecule has 1 aromatic heterocycles. The van der Waals surface area contributed by atoms with Gasteiger partial charge in [-0.05, 0) is 24.4 Å². The van der Waals surface area contributed by atoms with Crippen LogP contribution in [-0.2, 0) is 12.1 Å². The van der Waals surface area contributed by atoms with Crippen molar-refractivity contribution in [2.24, 2.45) is 0 Å². The summed E-state index contributed by atoms with van der Waals surface area (Å²) in [6.07, 6.45) is 0. The van der Waals surface area contributed by atoms with E-state index in [1.54, 1.807) is 25.1 Å². The van der Waals surface area contributed by atoms with Crippen molar-refractivity contribution in [3.8, 4) is 5.75 Å². The van der Waals surface area contributed by atoms with Crippen molar-refractivity contribution < 1.29 is 10.2 Å². The number of aliphatic hydroxyl groups is 1. The molecule has 0 bridgehead atoms. The number of nitrogens with one attached hydrogen (secondary N) is 1. The molecule has 3 nitrogen and oxygen atoms in total. The fourth-order valence-electron chi connectivity index (χ4n) is 1.82. The van der Waals surface area contributed by atoms with Gasteiger partial charge in [-0.2, -0.15) is 0 Å². The Labute approximate surface area is 121 Å². The molecule has 5 heteroatoms. The molecule has 1 aromatic carbocycles. The minimum Gasteiger partial charge on any atom is -0.506 e. The number of halogens is 1. The van der Waals surface area contributed by atoms with Crippen LogP contribution in [0.15, 0.2) is 35.7 Å². The lowest BCUT2D eigenvalue weighted by molar-refractivity contribution is 0.0604. The number of phenols is 1. The molecule has 3 N–H and O–H groups in total. The topological polar surface area (TPSA) is 52.5 Å².